The fourth-order valence-corrected chi connectivity index (χ4v) is 3.29. The summed E-state index contributed by atoms with van der Waals surface area (Å²) in [4.78, 5) is 28.6. The average Bonchev–Trinajstić information content (AvgIpc) is 2.66. The van der Waals surface area contributed by atoms with E-state index in [0.717, 1.165) is 5.56 Å². The molecule has 2 aromatic carbocycles. The molecule has 1 fully saturated rings. The third kappa shape index (κ3) is 5.55. The number of nitrogens with zero attached hydrogens (tertiary/aromatic N) is 2. The van der Waals surface area contributed by atoms with Crippen LogP contribution in [0.1, 0.15) is 11.1 Å². The van der Waals surface area contributed by atoms with Crippen LogP contribution in [0.25, 0.3) is 0 Å². The van der Waals surface area contributed by atoms with E-state index < -0.39 is 0 Å². The van der Waals surface area contributed by atoms with E-state index in [4.69, 9.17) is 11.6 Å². The monoisotopic (exact) mass is 385 g/mol. The Labute approximate surface area is 164 Å². The van der Waals surface area contributed by atoms with Gasteiger partial charge in [0.2, 0.25) is 11.8 Å². The van der Waals surface area contributed by atoms with Crippen molar-refractivity contribution in [3.8, 4) is 0 Å². The number of carbonyl (C=O) groups excluding carboxylic acids is 2. The van der Waals surface area contributed by atoms with Crippen LogP contribution in [0, 0.1) is 6.92 Å². The SMILES string of the molecule is Cc1ccc(CC(=O)N2CCN(CC(=O)Nc3ccccc3Cl)CC2)cc1. The van der Waals surface area contributed by atoms with Gasteiger partial charge in [0.25, 0.3) is 0 Å². The lowest BCUT2D eigenvalue weighted by Crippen LogP contribution is -2.50. The molecule has 3 rings (SSSR count). The first-order chi connectivity index (χ1) is 13.0. The van der Waals surface area contributed by atoms with E-state index in [0.29, 0.717) is 49.9 Å². The largest absolute Gasteiger partial charge is 0.340 e. The molecule has 2 amide bonds. The van der Waals surface area contributed by atoms with E-state index in [1.165, 1.54) is 5.56 Å². The van der Waals surface area contributed by atoms with E-state index in [-0.39, 0.29) is 11.8 Å². The third-order valence-electron chi connectivity index (χ3n) is 4.72. The zero-order valence-corrected chi connectivity index (χ0v) is 16.2. The highest BCUT2D eigenvalue weighted by molar-refractivity contribution is 6.33. The predicted octanol–water partition coefficient (Wildman–Crippen LogP) is 2.97. The number of hydrogen-bond acceptors (Lipinski definition) is 3. The van der Waals surface area contributed by atoms with E-state index in [2.05, 4.69) is 10.2 Å². The molecule has 0 aliphatic carbocycles. The van der Waals surface area contributed by atoms with Gasteiger partial charge in [-0.3, -0.25) is 14.5 Å². The predicted molar refractivity (Wildman–Crippen MR) is 108 cm³/mol. The molecular formula is C21H24ClN3O2. The van der Waals surface area contributed by atoms with Gasteiger partial charge in [-0.2, -0.15) is 0 Å². The summed E-state index contributed by atoms with van der Waals surface area (Å²) in [5.74, 6) is 0.0431. The lowest BCUT2D eigenvalue weighted by molar-refractivity contribution is -0.132. The highest BCUT2D eigenvalue weighted by atomic mass is 35.5. The Balaban J connectivity index is 1.44. The molecule has 0 bridgehead atoms. The summed E-state index contributed by atoms with van der Waals surface area (Å²) < 4.78 is 0. The lowest BCUT2D eigenvalue weighted by atomic mass is 10.1. The smallest absolute Gasteiger partial charge is 0.238 e. The number of amides is 2. The van der Waals surface area contributed by atoms with Crippen LogP contribution < -0.4 is 5.32 Å². The van der Waals surface area contributed by atoms with Crippen molar-refractivity contribution in [3.05, 3.63) is 64.7 Å². The second kappa shape index (κ2) is 9.02. The number of aryl methyl sites for hydroxylation is 1. The van der Waals surface area contributed by atoms with E-state index in [9.17, 15) is 9.59 Å². The van der Waals surface area contributed by atoms with E-state index in [1.807, 2.05) is 48.2 Å². The number of para-hydroxylation sites is 1. The second-order valence-electron chi connectivity index (χ2n) is 6.85. The molecule has 142 valence electrons. The number of piperazine rings is 1. The molecular weight excluding hydrogens is 362 g/mol. The standard InChI is InChI=1S/C21H24ClN3O2/c1-16-6-8-17(9-7-16)14-21(27)25-12-10-24(11-13-25)15-20(26)23-19-5-3-2-4-18(19)22/h2-9H,10-15H2,1H3,(H,23,26). The van der Waals surface area contributed by atoms with Gasteiger partial charge in [0.1, 0.15) is 0 Å². The van der Waals surface area contributed by atoms with Crippen molar-refractivity contribution in [1.29, 1.82) is 0 Å². The van der Waals surface area contributed by atoms with Crippen LogP contribution >= 0.6 is 11.6 Å². The van der Waals surface area contributed by atoms with Gasteiger partial charge in [-0.05, 0) is 24.6 Å². The van der Waals surface area contributed by atoms with Crippen molar-refractivity contribution in [2.24, 2.45) is 0 Å². The fourth-order valence-electron chi connectivity index (χ4n) is 3.10. The fraction of sp³-hybridized carbons (Fsp3) is 0.333. The Morgan fingerprint density at radius 1 is 1.00 bits per heavy atom. The maximum atomic E-state index is 12.5. The number of anilines is 1. The topological polar surface area (TPSA) is 52.7 Å². The summed E-state index contributed by atoms with van der Waals surface area (Å²) in [7, 11) is 0. The van der Waals surface area contributed by atoms with Gasteiger partial charge in [0.15, 0.2) is 0 Å². The summed E-state index contributed by atoms with van der Waals surface area (Å²) in [5, 5.41) is 3.36. The Morgan fingerprint density at radius 3 is 2.33 bits per heavy atom. The molecule has 6 heteroatoms. The van der Waals surface area contributed by atoms with E-state index >= 15 is 0 Å². The molecule has 27 heavy (non-hydrogen) atoms. The highest BCUT2D eigenvalue weighted by Gasteiger charge is 2.22. The van der Waals surface area contributed by atoms with Gasteiger partial charge in [-0.1, -0.05) is 53.6 Å². The third-order valence-corrected chi connectivity index (χ3v) is 5.05. The van der Waals surface area contributed by atoms with Crippen molar-refractivity contribution in [3.63, 3.8) is 0 Å². The molecule has 0 aromatic heterocycles. The van der Waals surface area contributed by atoms with E-state index in [1.54, 1.807) is 12.1 Å². The van der Waals surface area contributed by atoms with Crippen molar-refractivity contribution in [2.75, 3.05) is 38.0 Å². The second-order valence-corrected chi connectivity index (χ2v) is 7.25. The summed E-state index contributed by atoms with van der Waals surface area (Å²) >= 11 is 6.07. The van der Waals surface area contributed by atoms with Crippen molar-refractivity contribution >= 4 is 29.1 Å². The van der Waals surface area contributed by atoms with Crippen molar-refractivity contribution in [1.82, 2.24) is 9.80 Å². The Bertz CT molecular complexity index is 799. The molecule has 0 radical (unpaired) electrons. The Kier molecular flexibility index (Phi) is 6.48. The van der Waals surface area contributed by atoms with Gasteiger partial charge in [-0.25, -0.2) is 0 Å². The molecule has 1 heterocycles. The number of benzene rings is 2. The summed E-state index contributed by atoms with van der Waals surface area (Å²) in [6.07, 6.45) is 0.424. The molecule has 0 spiro atoms. The lowest BCUT2D eigenvalue weighted by Gasteiger charge is -2.34. The summed E-state index contributed by atoms with van der Waals surface area (Å²) in [6, 6.07) is 15.2. The number of hydrogen-bond donors (Lipinski definition) is 1. The Morgan fingerprint density at radius 2 is 1.67 bits per heavy atom. The Hall–Kier alpha value is -2.37. The molecule has 0 saturated carbocycles. The molecule has 1 aliphatic rings. The first kappa shape index (κ1) is 19.4. The maximum absolute atomic E-state index is 12.5. The minimum absolute atomic E-state index is 0.0949. The average molecular weight is 386 g/mol. The molecule has 1 N–H and O–H groups in total. The van der Waals surface area contributed by atoms with Crippen LogP contribution in [-0.2, 0) is 16.0 Å². The van der Waals surface area contributed by atoms with Crippen molar-refractivity contribution in [2.45, 2.75) is 13.3 Å². The number of halogens is 1. The maximum Gasteiger partial charge on any atom is 0.238 e. The molecule has 5 nitrogen and oxygen atoms in total. The van der Waals surface area contributed by atoms with Gasteiger partial charge < -0.3 is 10.2 Å². The zero-order valence-electron chi connectivity index (χ0n) is 15.5. The van der Waals surface area contributed by atoms with Crippen LogP contribution in [0.15, 0.2) is 48.5 Å². The van der Waals surface area contributed by atoms with Gasteiger partial charge >= 0.3 is 0 Å². The first-order valence-electron chi connectivity index (χ1n) is 9.11. The van der Waals surface area contributed by atoms with Crippen molar-refractivity contribution < 1.29 is 9.59 Å². The molecule has 1 aliphatic heterocycles. The highest BCUT2D eigenvalue weighted by Crippen LogP contribution is 2.20. The van der Waals surface area contributed by atoms with Crippen LogP contribution in [0.4, 0.5) is 5.69 Å². The van der Waals surface area contributed by atoms with Crippen LogP contribution in [0.2, 0.25) is 5.02 Å². The van der Waals surface area contributed by atoms with Gasteiger partial charge in [0.05, 0.1) is 23.7 Å². The number of carbonyl (C=O) groups is 2. The minimum Gasteiger partial charge on any atom is -0.340 e. The minimum atomic E-state index is -0.0949. The summed E-state index contributed by atoms with van der Waals surface area (Å²) in [5.41, 5.74) is 2.85. The van der Waals surface area contributed by atoms with Gasteiger partial charge in [0, 0.05) is 26.2 Å². The number of nitrogens with one attached hydrogen (secondary N) is 1. The first-order valence-corrected chi connectivity index (χ1v) is 9.49. The number of rotatable bonds is 5. The van der Waals surface area contributed by atoms with Crippen LogP contribution in [-0.4, -0.2) is 54.3 Å². The molecule has 0 unspecified atom stereocenters. The van der Waals surface area contributed by atoms with Gasteiger partial charge in [-0.15, -0.1) is 0 Å². The molecule has 0 atom stereocenters. The molecule has 2 aromatic rings. The van der Waals surface area contributed by atoms with Crippen LogP contribution in [0.3, 0.4) is 0 Å². The zero-order chi connectivity index (χ0) is 19.2. The van der Waals surface area contributed by atoms with Crippen LogP contribution in [0.5, 0.6) is 0 Å². The molecule has 1 saturated heterocycles. The summed E-state index contributed by atoms with van der Waals surface area (Å²) in [6.45, 7) is 5.00. The quantitative estimate of drug-likeness (QED) is 0.860. The normalized spacial score (nSPS) is 14.8.